The summed E-state index contributed by atoms with van der Waals surface area (Å²) in [6, 6.07) is 16.2. The van der Waals surface area contributed by atoms with Gasteiger partial charge in [-0.05, 0) is 54.7 Å². The topological polar surface area (TPSA) is 12.0 Å². The van der Waals surface area contributed by atoms with Crippen LogP contribution in [0.3, 0.4) is 0 Å². The van der Waals surface area contributed by atoms with E-state index in [-0.39, 0.29) is 0 Å². The van der Waals surface area contributed by atoms with Crippen molar-refractivity contribution in [3.8, 4) is 0 Å². The fourth-order valence-corrected chi connectivity index (χ4v) is 4.96. The zero-order chi connectivity index (χ0) is 14.9. The summed E-state index contributed by atoms with van der Waals surface area (Å²) in [5, 5.41) is 4.76. The molecule has 0 unspecified atom stereocenters. The van der Waals surface area contributed by atoms with Gasteiger partial charge in [-0.15, -0.1) is 0 Å². The first-order valence-electron chi connectivity index (χ1n) is 8.11. The van der Waals surface area contributed by atoms with Crippen LogP contribution in [0.25, 0.3) is 0 Å². The highest BCUT2D eigenvalue weighted by molar-refractivity contribution is 7.99. The van der Waals surface area contributed by atoms with E-state index < -0.39 is 0 Å². The van der Waals surface area contributed by atoms with Crippen molar-refractivity contribution in [2.45, 2.75) is 54.0 Å². The monoisotopic (exact) mass is 329 g/mol. The average Bonchev–Trinajstić information content (AvgIpc) is 2.97. The molecule has 0 amide bonds. The Morgan fingerprint density at radius 2 is 1.82 bits per heavy atom. The van der Waals surface area contributed by atoms with E-state index in [1.807, 2.05) is 17.8 Å². The molecule has 1 N–H and O–H groups in total. The van der Waals surface area contributed by atoms with Gasteiger partial charge in [0.2, 0.25) is 0 Å². The second-order valence-corrected chi connectivity index (χ2v) is 7.82. The Morgan fingerprint density at radius 3 is 2.68 bits per heavy atom. The number of rotatable bonds is 2. The number of hydrogen-bond acceptors (Lipinski definition) is 2. The average molecular weight is 330 g/mol. The third-order valence-corrected chi connectivity index (χ3v) is 6.20. The number of fused-ring (bicyclic) bond motifs is 2. The first kappa shape index (κ1) is 14.6. The van der Waals surface area contributed by atoms with Gasteiger partial charge in [0, 0.05) is 26.9 Å². The molecule has 0 saturated heterocycles. The Kier molecular flexibility index (Phi) is 4.17. The second kappa shape index (κ2) is 6.27. The van der Waals surface area contributed by atoms with Gasteiger partial charge in [0.25, 0.3) is 0 Å². The molecule has 0 spiro atoms. The van der Waals surface area contributed by atoms with Gasteiger partial charge in [-0.1, -0.05) is 54.4 Å². The molecular weight excluding hydrogens is 310 g/mol. The van der Waals surface area contributed by atoms with Crippen LogP contribution in [0.15, 0.2) is 52.3 Å². The molecule has 1 aliphatic carbocycles. The molecule has 1 fully saturated rings. The van der Waals surface area contributed by atoms with Crippen molar-refractivity contribution in [1.29, 1.82) is 0 Å². The minimum absolute atomic E-state index is 0.395. The predicted octanol–water partition coefficient (Wildman–Crippen LogP) is 5.62. The van der Waals surface area contributed by atoms with Gasteiger partial charge < -0.3 is 5.32 Å². The van der Waals surface area contributed by atoms with Crippen LogP contribution in [0.1, 0.15) is 42.9 Å². The summed E-state index contributed by atoms with van der Waals surface area (Å²) in [6.07, 6.45) is 6.38. The lowest BCUT2D eigenvalue weighted by atomic mass is 9.97. The van der Waals surface area contributed by atoms with Crippen molar-refractivity contribution in [2.24, 2.45) is 0 Å². The van der Waals surface area contributed by atoms with Crippen molar-refractivity contribution in [3.05, 3.63) is 58.6 Å². The molecule has 1 nitrogen and oxygen atoms in total. The van der Waals surface area contributed by atoms with E-state index in [1.54, 1.807) is 0 Å². The van der Waals surface area contributed by atoms with E-state index in [4.69, 9.17) is 11.6 Å². The minimum atomic E-state index is 0.395. The number of benzene rings is 2. The molecule has 0 aromatic heterocycles. The summed E-state index contributed by atoms with van der Waals surface area (Å²) in [7, 11) is 0. The van der Waals surface area contributed by atoms with Crippen LogP contribution >= 0.6 is 23.4 Å². The van der Waals surface area contributed by atoms with E-state index in [9.17, 15) is 0 Å². The van der Waals surface area contributed by atoms with Crippen LogP contribution in [-0.4, -0.2) is 6.04 Å². The molecule has 3 heteroatoms. The highest BCUT2D eigenvalue weighted by Gasteiger charge is 2.26. The lowest BCUT2D eigenvalue weighted by molar-refractivity contribution is 0.433. The molecule has 1 heterocycles. The number of hydrogen-bond donors (Lipinski definition) is 1. The smallest absolute Gasteiger partial charge is 0.0409 e. The van der Waals surface area contributed by atoms with E-state index in [0.29, 0.717) is 12.1 Å². The summed E-state index contributed by atoms with van der Waals surface area (Å²) in [4.78, 5) is 2.71. The van der Waals surface area contributed by atoms with Crippen LogP contribution in [-0.2, 0) is 6.42 Å². The van der Waals surface area contributed by atoms with Crippen molar-refractivity contribution < 1.29 is 0 Å². The number of nitrogens with one attached hydrogen (secondary N) is 1. The molecule has 2 aromatic carbocycles. The van der Waals surface area contributed by atoms with E-state index >= 15 is 0 Å². The normalized spacial score (nSPS) is 21.2. The SMILES string of the molecule is Clc1ccc2c(c1)C[C@@H](NC1CCCC1)c1ccccc1S2. The third kappa shape index (κ3) is 2.92. The quantitative estimate of drug-likeness (QED) is 0.767. The molecule has 1 atom stereocenters. The molecule has 22 heavy (non-hydrogen) atoms. The number of halogens is 1. The Morgan fingerprint density at radius 1 is 1.00 bits per heavy atom. The van der Waals surface area contributed by atoms with Crippen LogP contribution < -0.4 is 5.32 Å². The van der Waals surface area contributed by atoms with Gasteiger partial charge in [0.15, 0.2) is 0 Å². The summed E-state index contributed by atoms with van der Waals surface area (Å²) < 4.78 is 0. The Bertz CT molecular complexity index is 679. The molecule has 114 valence electrons. The molecule has 0 bridgehead atoms. The van der Waals surface area contributed by atoms with Crippen molar-refractivity contribution in [3.63, 3.8) is 0 Å². The van der Waals surface area contributed by atoms with E-state index in [2.05, 4.69) is 41.7 Å². The summed E-state index contributed by atoms with van der Waals surface area (Å²) in [6.45, 7) is 0. The second-order valence-electron chi connectivity index (χ2n) is 6.30. The molecule has 2 aliphatic rings. The van der Waals surface area contributed by atoms with Gasteiger partial charge in [0.1, 0.15) is 0 Å². The highest BCUT2D eigenvalue weighted by atomic mass is 35.5. The first-order chi connectivity index (χ1) is 10.8. The van der Waals surface area contributed by atoms with Crippen molar-refractivity contribution >= 4 is 23.4 Å². The Balaban J connectivity index is 1.72. The minimum Gasteiger partial charge on any atom is -0.307 e. The molecule has 2 aromatic rings. The first-order valence-corrected chi connectivity index (χ1v) is 9.30. The van der Waals surface area contributed by atoms with Gasteiger partial charge >= 0.3 is 0 Å². The summed E-state index contributed by atoms with van der Waals surface area (Å²) >= 11 is 8.10. The summed E-state index contributed by atoms with van der Waals surface area (Å²) in [5.41, 5.74) is 2.80. The summed E-state index contributed by atoms with van der Waals surface area (Å²) in [5.74, 6) is 0. The molecule has 1 saturated carbocycles. The molecular formula is C19H20ClNS. The molecule has 1 aliphatic heterocycles. The fourth-order valence-electron chi connectivity index (χ4n) is 3.64. The van der Waals surface area contributed by atoms with E-state index in [0.717, 1.165) is 11.4 Å². The maximum absolute atomic E-state index is 6.23. The lowest BCUT2D eigenvalue weighted by Gasteiger charge is -2.23. The highest BCUT2D eigenvalue weighted by Crippen LogP contribution is 2.42. The molecule has 0 radical (unpaired) electrons. The lowest BCUT2D eigenvalue weighted by Crippen LogP contribution is -2.32. The maximum Gasteiger partial charge on any atom is 0.0409 e. The third-order valence-electron chi connectivity index (χ3n) is 4.75. The van der Waals surface area contributed by atoms with Gasteiger partial charge in [-0.25, -0.2) is 0 Å². The predicted molar refractivity (Wildman–Crippen MR) is 93.9 cm³/mol. The van der Waals surface area contributed by atoms with E-state index in [1.165, 1.54) is 46.6 Å². The van der Waals surface area contributed by atoms with Gasteiger partial charge in [0.05, 0.1) is 0 Å². The van der Waals surface area contributed by atoms with Crippen molar-refractivity contribution in [2.75, 3.05) is 0 Å². The molecule has 4 rings (SSSR count). The van der Waals surface area contributed by atoms with Gasteiger partial charge in [-0.3, -0.25) is 0 Å². The fraction of sp³-hybridized carbons (Fsp3) is 0.368. The Hall–Kier alpha value is -0.960. The maximum atomic E-state index is 6.23. The standard InChI is InChI=1S/C19H20ClNS/c20-14-9-10-18-13(11-14)12-17(21-15-5-1-2-6-15)16-7-3-4-8-19(16)22-18/h3-4,7-11,15,17,21H,1-2,5-6,12H2/t17-/m1/s1. The van der Waals surface area contributed by atoms with Crippen LogP contribution in [0.2, 0.25) is 5.02 Å². The van der Waals surface area contributed by atoms with Crippen molar-refractivity contribution in [1.82, 2.24) is 5.32 Å². The van der Waals surface area contributed by atoms with Crippen LogP contribution in [0.4, 0.5) is 0 Å². The van der Waals surface area contributed by atoms with Gasteiger partial charge in [-0.2, -0.15) is 0 Å². The van der Waals surface area contributed by atoms with Crippen LogP contribution in [0, 0.1) is 0 Å². The largest absolute Gasteiger partial charge is 0.307 e. The zero-order valence-electron chi connectivity index (χ0n) is 12.5. The zero-order valence-corrected chi connectivity index (χ0v) is 14.1. The Labute approximate surface area is 141 Å². The van der Waals surface area contributed by atoms with Crippen LogP contribution in [0.5, 0.6) is 0 Å².